The van der Waals surface area contributed by atoms with Gasteiger partial charge in [0.15, 0.2) is 5.84 Å². The molecule has 0 atom stereocenters. The Balaban J connectivity index is 2.23. The molecule has 1 aromatic rings. The van der Waals surface area contributed by atoms with Crippen LogP contribution in [0.4, 0.5) is 0 Å². The summed E-state index contributed by atoms with van der Waals surface area (Å²) < 4.78 is 1.53. The van der Waals surface area contributed by atoms with Crippen LogP contribution in [-0.4, -0.2) is 57.3 Å². The first kappa shape index (κ1) is 15.3. The summed E-state index contributed by atoms with van der Waals surface area (Å²) in [6.07, 6.45) is 1.20. The molecule has 0 spiro atoms. The molecule has 0 aromatic carbocycles. The van der Waals surface area contributed by atoms with Gasteiger partial charge in [-0.25, -0.2) is 0 Å². The molecule has 116 valence electrons. The highest BCUT2D eigenvalue weighted by atomic mass is 16.4. The third-order valence-corrected chi connectivity index (χ3v) is 4.03. The van der Waals surface area contributed by atoms with Crippen LogP contribution >= 0.6 is 0 Å². The second-order valence-corrected chi connectivity index (χ2v) is 5.62. The monoisotopic (exact) mass is 294 g/mol. The van der Waals surface area contributed by atoms with Crippen molar-refractivity contribution in [3.63, 3.8) is 0 Å². The van der Waals surface area contributed by atoms with E-state index in [1.165, 1.54) is 4.68 Å². The molecule has 2 rings (SSSR count). The van der Waals surface area contributed by atoms with E-state index < -0.39 is 5.54 Å². The summed E-state index contributed by atoms with van der Waals surface area (Å²) in [6.45, 7) is 3.35. The van der Waals surface area contributed by atoms with Gasteiger partial charge in [-0.1, -0.05) is 5.16 Å². The van der Waals surface area contributed by atoms with Crippen LogP contribution in [0.15, 0.2) is 11.2 Å². The minimum absolute atomic E-state index is 0.0443. The first-order valence-corrected chi connectivity index (χ1v) is 6.87. The van der Waals surface area contributed by atoms with Gasteiger partial charge in [0.25, 0.3) is 5.91 Å². The topological polar surface area (TPSA) is 109 Å². The normalized spacial score (nSPS) is 19.5. The van der Waals surface area contributed by atoms with Crippen LogP contribution in [-0.2, 0) is 7.05 Å². The maximum absolute atomic E-state index is 12.5. The number of oxime groups is 1. The number of amidine groups is 1. The molecule has 1 fully saturated rings. The van der Waals surface area contributed by atoms with Gasteiger partial charge in [0.05, 0.1) is 5.69 Å². The van der Waals surface area contributed by atoms with Gasteiger partial charge in [-0.3, -0.25) is 9.48 Å². The Kier molecular flexibility index (Phi) is 4.17. The summed E-state index contributed by atoms with van der Waals surface area (Å²) >= 11 is 0. The molecule has 0 saturated carbocycles. The fourth-order valence-electron chi connectivity index (χ4n) is 2.65. The van der Waals surface area contributed by atoms with Gasteiger partial charge in [-0.2, -0.15) is 5.10 Å². The SMILES string of the molecule is Cc1cc(C(=O)NC2(C(N)=NO)CCN(C)CC2)n(C)n1. The van der Waals surface area contributed by atoms with Gasteiger partial charge in [0.1, 0.15) is 11.2 Å². The average Bonchev–Trinajstić information content (AvgIpc) is 2.79. The maximum atomic E-state index is 12.5. The predicted molar refractivity (Wildman–Crippen MR) is 78.3 cm³/mol. The molecule has 1 aromatic heterocycles. The summed E-state index contributed by atoms with van der Waals surface area (Å²) in [7, 11) is 3.72. The smallest absolute Gasteiger partial charge is 0.270 e. The number of rotatable bonds is 3. The van der Waals surface area contributed by atoms with E-state index in [2.05, 4.69) is 20.5 Å². The molecule has 0 radical (unpaired) electrons. The molecule has 2 heterocycles. The molecule has 21 heavy (non-hydrogen) atoms. The van der Waals surface area contributed by atoms with Crippen LogP contribution < -0.4 is 11.1 Å². The molecule has 0 bridgehead atoms. The number of nitrogens with zero attached hydrogens (tertiary/aromatic N) is 4. The van der Waals surface area contributed by atoms with Gasteiger partial charge >= 0.3 is 0 Å². The van der Waals surface area contributed by atoms with Crippen molar-refractivity contribution in [2.24, 2.45) is 17.9 Å². The number of nitrogens with two attached hydrogens (primary N) is 1. The van der Waals surface area contributed by atoms with Gasteiger partial charge in [-0.15, -0.1) is 0 Å². The Morgan fingerprint density at radius 1 is 1.48 bits per heavy atom. The molecule has 1 aliphatic rings. The lowest BCUT2D eigenvalue weighted by Crippen LogP contribution is -2.62. The van der Waals surface area contributed by atoms with E-state index in [0.29, 0.717) is 18.5 Å². The highest BCUT2D eigenvalue weighted by Gasteiger charge is 2.40. The first-order chi connectivity index (χ1) is 9.88. The number of hydrogen-bond acceptors (Lipinski definition) is 5. The van der Waals surface area contributed by atoms with E-state index in [4.69, 9.17) is 10.9 Å². The van der Waals surface area contributed by atoms with Gasteiger partial charge < -0.3 is 21.2 Å². The van der Waals surface area contributed by atoms with E-state index in [9.17, 15) is 4.79 Å². The van der Waals surface area contributed by atoms with Gasteiger partial charge in [0, 0.05) is 20.1 Å². The largest absolute Gasteiger partial charge is 0.409 e. The standard InChI is InChI=1S/C13H22N6O2/c1-9-8-10(19(3)16-9)11(20)15-13(12(14)17-21)4-6-18(2)7-5-13/h8,21H,4-7H2,1-3H3,(H2,14,17)(H,15,20). The Hall–Kier alpha value is -2.09. The maximum Gasteiger partial charge on any atom is 0.270 e. The summed E-state index contributed by atoms with van der Waals surface area (Å²) in [4.78, 5) is 14.6. The number of amides is 1. The second kappa shape index (κ2) is 5.72. The summed E-state index contributed by atoms with van der Waals surface area (Å²) in [5, 5.41) is 19.3. The summed E-state index contributed by atoms with van der Waals surface area (Å²) in [5.74, 6) is -0.225. The molecule has 8 nitrogen and oxygen atoms in total. The second-order valence-electron chi connectivity index (χ2n) is 5.62. The van der Waals surface area contributed by atoms with E-state index in [1.807, 2.05) is 14.0 Å². The van der Waals surface area contributed by atoms with Crippen molar-refractivity contribution in [3.05, 3.63) is 17.5 Å². The third-order valence-electron chi connectivity index (χ3n) is 4.03. The quantitative estimate of drug-likeness (QED) is 0.306. The highest BCUT2D eigenvalue weighted by Crippen LogP contribution is 2.22. The number of hydrogen-bond donors (Lipinski definition) is 3. The van der Waals surface area contributed by atoms with Crippen LogP contribution in [0.2, 0.25) is 0 Å². The van der Waals surface area contributed by atoms with Crippen molar-refractivity contribution < 1.29 is 10.0 Å². The zero-order valence-corrected chi connectivity index (χ0v) is 12.6. The van der Waals surface area contributed by atoms with Crippen LogP contribution in [0.5, 0.6) is 0 Å². The Labute approximate surface area is 123 Å². The Morgan fingerprint density at radius 3 is 2.57 bits per heavy atom. The van der Waals surface area contributed by atoms with Crippen LogP contribution in [0.1, 0.15) is 29.0 Å². The number of carbonyl (C=O) groups is 1. The zero-order valence-electron chi connectivity index (χ0n) is 12.6. The number of carbonyl (C=O) groups excluding carboxylic acids is 1. The Morgan fingerprint density at radius 2 is 2.10 bits per heavy atom. The molecule has 1 amide bonds. The predicted octanol–water partition coefficient (Wildman–Crippen LogP) is -0.331. The number of aromatic nitrogens is 2. The van der Waals surface area contributed by atoms with E-state index in [-0.39, 0.29) is 11.7 Å². The lowest BCUT2D eigenvalue weighted by atomic mass is 9.86. The highest BCUT2D eigenvalue weighted by molar-refractivity contribution is 5.99. The molecular weight excluding hydrogens is 272 g/mol. The lowest BCUT2D eigenvalue weighted by molar-refractivity contribution is 0.0876. The van der Waals surface area contributed by atoms with Crippen molar-refractivity contribution in [2.45, 2.75) is 25.3 Å². The minimum atomic E-state index is -0.809. The minimum Gasteiger partial charge on any atom is -0.409 e. The summed E-state index contributed by atoms with van der Waals surface area (Å²) in [6, 6.07) is 1.71. The van der Waals surface area contributed by atoms with E-state index in [0.717, 1.165) is 18.8 Å². The molecule has 1 saturated heterocycles. The van der Waals surface area contributed by atoms with E-state index >= 15 is 0 Å². The van der Waals surface area contributed by atoms with Crippen molar-refractivity contribution in [3.8, 4) is 0 Å². The van der Waals surface area contributed by atoms with Crippen molar-refractivity contribution in [1.82, 2.24) is 20.0 Å². The van der Waals surface area contributed by atoms with Crippen LogP contribution in [0.25, 0.3) is 0 Å². The van der Waals surface area contributed by atoms with Gasteiger partial charge in [-0.05, 0) is 32.9 Å². The first-order valence-electron chi connectivity index (χ1n) is 6.87. The average molecular weight is 294 g/mol. The van der Waals surface area contributed by atoms with E-state index in [1.54, 1.807) is 13.1 Å². The fourth-order valence-corrected chi connectivity index (χ4v) is 2.65. The molecule has 1 aliphatic heterocycles. The summed E-state index contributed by atoms with van der Waals surface area (Å²) in [5.41, 5.74) is 6.26. The zero-order chi connectivity index (χ0) is 15.6. The number of nitrogens with one attached hydrogen (secondary N) is 1. The van der Waals surface area contributed by atoms with Gasteiger partial charge in [0.2, 0.25) is 0 Å². The third kappa shape index (κ3) is 2.99. The van der Waals surface area contributed by atoms with Crippen molar-refractivity contribution >= 4 is 11.7 Å². The Bertz CT molecular complexity index is 557. The molecule has 8 heteroatoms. The van der Waals surface area contributed by atoms with Crippen LogP contribution in [0, 0.1) is 6.92 Å². The number of piperidine rings is 1. The number of likely N-dealkylation sites (tertiary alicyclic amines) is 1. The molecular formula is C13H22N6O2. The van der Waals surface area contributed by atoms with Crippen molar-refractivity contribution in [1.29, 1.82) is 0 Å². The fraction of sp³-hybridized carbons (Fsp3) is 0.615. The van der Waals surface area contributed by atoms with Crippen LogP contribution in [0.3, 0.4) is 0 Å². The molecule has 0 aliphatic carbocycles. The molecule has 0 unspecified atom stereocenters. The number of aryl methyl sites for hydroxylation is 2. The molecule has 4 N–H and O–H groups in total. The van der Waals surface area contributed by atoms with Crippen molar-refractivity contribution in [2.75, 3.05) is 20.1 Å². The lowest BCUT2D eigenvalue weighted by Gasteiger charge is -2.40.